The molecular formula is C13H15N5O3. The number of hydrazone groups is 1. The predicted octanol–water partition coefficient (Wildman–Crippen LogP) is 2.17. The summed E-state index contributed by atoms with van der Waals surface area (Å²) in [7, 11) is 1.87. The molecule has 0 unspecified atom stereocenters. The van der Waals surface area contributed by atoms with E-state index in [1.54, 1.807) is 6.21 Å². The van der Waals surface area contributed by atoms with Crippen molar-refractivity contribution in [3.05, 3.63) is 46.3 Å². The van der Waals surface area contributed by atoms with E-state index < -0.39 is 4.92 Å². The molecule has 0 bridgehead atoms. The minimum atomic E-state index is -0.525. The number of anilines is 1. The minimum Gasteiger partial charge on any atom is -0.478 e. The Morgan fingerprint density at radius 1 is 1.52 bits per heavy atom. The molecule has 0 aliphatic rings. The molecule has 0 atom stereocenters. The van der Waals surface area contributed by atoms with Gasteiger partial charge in [-0.25, -0.2) is 0 Å². The fourth-order valence-electron chi connectivity index (χ4n) is 1.66. The first-order chi connectivity index (χ1) is 10.1. The molecule has 0 aliphatic carbocycles. The van der Waals surface area contributed by atoms with E-state index in [9.17, 15) is 10.1 Å². The first-order valence-corrected chi connectivity index (χ1v) is 6.30. The van der Waals surface area contributed by atoms with Crippen molar-refractivity contribution in [2.24, 2.45) is 12.1 Å². The third kappa shape index (κ3) is 3.56. The van der Waals surface area contributed by atoms with Gasteiger partial charge in [0.2, 0.25) is 11.7 Å². The van der Waals surface area contributed by atoms with Gasteiger partial charge in [-0.3, -0.25) is 15.5 Å². The molecule has 0 saturated heterocycles. The van der Waals surface area contributed by atoms with Crippen molar-refractivity contribution in [3.63, 3.8) is 0 Å². The lowest BCUT2D eigenvalue weighted by atomic mass is 10.4. The van der Waals surface area contributed by atoms with Crippen LogP contribution in [0.1, 0.15) is 12.6 Å². The van der Waals surface area contributed by atoms with E-state index in [-0.39, 0.29) is 11.5 Å². The molecule has 8 heteroatoms. The van der Waals surface area contributed by atoms with Crippen LogP contribution in [0.25, 0.3) is 0 Å². The zero-order valence-corrected chi connectivity index (χ0v) is 11.7. The van der Waals surface area contributed by atoms with E-state index in [1.807, 2.05) is 36.9 Å². The second kappa shape index (κ2) is 6.51. The molecule has 0 aromatic carbocycles. The van der Waals surface area contributed by atoms with Crippen LogP contribution in [0.3, 0.4) is 0 Å². The first kappa shape index (κ1) is 14.5. The van der Waals surface area contributed by atoms with Crippen LogP contribution in [-0.4, -0.2) is 27.3 Å². The minimum absolute atomic E-state index is 0.0383. The van der Waals surface area contributed by atoms with Crippen LogP contribution in [0.5, 0.6) is 5.88 Å². The molecule has 0 radical (unpaired) electrons. The number of pyridine rings is 1. The molecule has 2 aromatic rings. The zero-order chi connectivity index (χ0) is 15.2. The predicted molar refractivity (Wildman–Crippen MR) is 78.7 cm³/mol. The van der Waals surface area contributed by atoms with Crippen molar-refractivity contribution in [1.29, 1.82) is 0 Å². The third-order valence-electron chi connectivity index (χ3n) is 2.69. The number of aryl methyl sites for hydroxylation is 1. The summed E-state index contributed by atoms with van der Waals surface area (Å²) in [5, 5.41) is 14.9. The summed E-state index contributed by atoms with van der Waals surface area (Å²) >= 11 is 0. The number of ether oxygens (including phenoxy) is 1. The number of nitro groups is 1. The summed E-state index contributed by atoms with van der Waals surface area (Å²) in [5.74, 6) is 0.344. The Morgan fingerprint density at radius 2 is 2.33 bits per heavy atom. The molecule has 110 valence electrons. The van der Waals surface area contributed by atoms with Gasteiger partial charge in [0.15, 0.2) is 0 Å². The van der Waals surface area contributed by atoms with Gasteiger partial charge in [-0.2, -0.15) is 10.1 Å². The largest absolute Gasteiger partial charge is 0.478 e. The topological polar surface area (TPSA) is 94.6 Å². The molecule has 21 heavy (non-hydrogen) atoms. The van der Waals surface area contributed by atoms with E-state index in [4.69, 9.17) is 4.74 Å². The van der Waals surface area contributed by atoms with E-state index in [2.05, 4.69) is 15.5 Å². The maximum Gasteiger partial charge on any atom is 0.313 e. The van der Waals surface area contributed by atoms with Crippen molar-refractivity contribution in [1.82, 2.24) is 9.55 Å². The number of hydrogen-bond acceptors (Lipinski definition) is 6. The van der Waals surface area contributed by atoms with Gasteiger partial charge < -0.3 is 9.30 Å². The van der Waals surface area contributed by atoms with E-state index in [0.29, 0.717) is 12.5 Å². The van der Waals surface area contributed by atoms with E-state index in [1.165, 1.54) is 12.1 Å². The molecule has 0 spiro atoms. The smallest absolute Gasteiger partial charge is 0.313 e. The molecule has 0 saturated carbocycles. The number of rotatable bonds is 6. The molecule has 0 amide bonds. The van der Waals surface area contributed by atoms with E-state index >= 15 is 0 Å². The second-order valence-corrected chi connectivity index (χ2v) is 4.12. The van der Waals surface area contributed by atoms with Gasteiger partial charge in [-0.05, 0) is 19.1 Å². The van der Waals surface area contributed by atoms with E-state index in [0.717, 1.165) is 5.69 Å². The Bertz CT molecular complexity index is 666. The molecule has 1 N–H and O–H groups in total. The fourth-order valence-corrected chi connectivity index (χ4v) is 1.66. The quantitative estimate of drug-likeness (QED) is 0.499. The van der Waals surface area contributed by atoms with Crippen LogP contribution in [-0.2, 0) is 7.05 Å². The average Bonchev–Trinajstić information content (AvgIpc) is 2.85. The monoisotopic (exact) mass is 289 g/mol. The molecule has 0 aliphatic heterocycles. The van der Waals surface area contributed by atoms with Gasteiger partial charge in [0.25, 0.3) is 0 Å². The van der Waals surface area contributed by atoms with Crippen LogP contribution >= 0.6 is 0 Å². The molecule has 0 fully saturated rings. The highest BCUT2D eigenvalue weighted by atomic mass is 16.6. The molecule has 2 aromatic heterocycles. The highest BCUT2D eigenvalue weighted by Gasteiger charge is 2.16. The number of nitrogens with one attached hydrogen (secondary N) is 1. The van der Waals surface area contributed by atoms with Gasteiger partial charge in [0.05, 0.1) is 23.4 Å². The van der Waals surface area contributed by atoms with Gasteiger partial charge >= 0.3 is 5.69 Å². The van der Waals surface area contributed by atoms with Gasteiger partial charge in [-0.1, -0.05) is 0 Å². The van der Waals surface area contributed by atoms with Gasteiger partial charge in [0.1, 0.15) is 0 Å². The summed E-state index contributed by atoms with van der Waals surface area (Å²) in [6.07, 6.45) is 3.43. The van der Waals surface area contributed by atoms with Gasteiger partial charge in [-0.15, -0.1) is 0 Å². The van der Waals surface area contributed by atoms with Crippen LogP contribution < -0.4 is 10.2 Å². The number of aromatic nitrogens is 2. The maximum atomic E-state index is 11.0. The lowest BCUT2D eigenvalue weighted by Gasteiger charge is -2.05. The highest BCUT2D eigenvalue weighted by molar-refractivity contribution is 5.78. The summed E-state index contributed by atoms with van der Waals surface area (Å²) in [5.41, 5.74) is 3.27. The Morgan fingerprint density at radius 3 is 2.95 bits per heavy atom. The Hall–Kier alpha value is -2.90. The van der Waals surface area contributed by atoms with Crippen molar-refractivity contribution < 1.29 is 9.66 Å². The lowest BCUT2D eigenvalue weighted by Crippen LogP contribution is -2.03. The Labute approximate surface area is 121 Å². The van der Waals surface area contributed by atoms with Crippen LogP contribution in [0, 0.1) is 10.1 Å². The van der Waals surface area contributed by atoms with Crippen molar-refractivity contribution in [2.45, 2.75) is 6.92 Å². The SMILES string of the molecule is CCOc1ccc([N+](=O)[O-])c(N/N=C/c2cccn2C)n1. The summed E-state index contributed by atoms with van der Waals surface area (Å²) < 4.78 is 7.09. The third-order valence-corrected chi connectivity index (χ3v) is 2.69. The van der Waals surface area contributed by atoms with Crippen LogP contribution in [0.4, 0.5) is 11.5 Å². The second-order valence-electron chi connectivity index (χ2n) is 4.12. The number of nitrogens with zero attached hydrogens (tertiary/aromatic N) is 4. The zero-order valence-electron chi connectivity index (χ0n) is 11.7. The van der Waals surface area contributed by atoms with Crippen LogP contribution in [0.2, 0.25) is 0 Å². The summed E-state index contributed by atoms with van der Waals surface area (Å²) in [6, 6.07) is 6.52. The normalized spacial score (nSPS) is 10.8. The fraction of sp³-hybridized carbons (Fsp3) is 0.231. The molecule has 2 rings (SSSR count). The first-order valence-electron chi connectivity index (χ1n) is 6.30. The molecule has 2 heterocycles. The van der Waals surface area contributed by atoms with Crippen molar-refractivity contribution in [3.8, 4) is 5.88 Å². The van der Waals surface area contributed by atoms with Crippen molar-refractivity contribution >= 4 is 17.7 Å². The van der Waals surface area contributed by atoms with Crippen LogP contribution in [0.15, 0.2) is 35.6 Å². The summed E-state index contributed by atoms with van der Waals surface area (Å²) in [4.78, 5) is 14.5. The maximum absolute atomic E-state index is 11.0. The van der Waals surface area contributed by atoms with Crippen molar-refractivity contribution in [2.75, 3.05) is 12.0 Å². The summed E-state index contributed by atoms with van der Waals surface area (Å²) in [6.45, 7) is 2.24. The molecule has 8 nitrogen and oxygen atoms in total. The average molecular weight is 289 g/mol. The van der Waals surface area contributed by atoms with Gasteiger partial charge in [0, 0.05) is 25.4 Å². The lowest BCUT2D eigenvalue weighted by molar-refractivity contribution is -0.384. The highest BCUT2D eigenvalue weighted by Crippen LogP contribution is 2.24. The standard InChI is InChI=1S/C13H15N5O3/c1-3-21-12-7-6-11(18(19)20)13(15-12)16-14-9-10-5-4-8-17(10)2/h4-9H,3H2,1-2H3,(H,15,16)/b14-9+. The Balaban J connectivity index is 2.20. The number of hydrogen-bond donors (Lipinski definition) is 1. The Kier molecular flexibility index (Phi) is 4.50. The molecular weight excluding hydrogens is 274 g/mol.